The van der Waals surface area contributed by atoms with Gasteiger partial charge in [-0.1, -0.05) is 48.9 Å². The molecule has 5 rings (SSSR count). The van der Waals surface area contributed by atoms with Crippen molar-refractivity contribution >= 4 is 81.2 Å². The van der Waals surface area contributed by atoms with Gasteiger partial charge in [-0.3, -0.25) is 14.4 Å². The first-order chi connectivity index (χ1) is 26.7. The van der Waals surface area contributed by atoms with E-state index in [-0.39, 0.29) is 46.5 Å². The summed E-state index contributed by atoms with van der Waals surface area (Å²) in [6, 6.07) is 19.1. The fourth-order valence-corrected chi connectivity index (χ4v) is 8.14. The van der Waals surface area contributed by atoms with E-state index in [1.807, 2.05) is 6.92 Å². The molecule has 2 heterocycles. The molecule has 11 nitrogen and oxygen atoms in total. The number of hydrogen-bond donors (Lipinski definition) is 3. The van der Waals surface area contributed by atoms with Crippen molar-refractivity contribution in [3.05, 3.63) is 116 Å². The Labute approximate surface area is 338 Å². The molecule has 1 aromatic heterocycles. The molecule has 15 heteroatoms. The number of hydrogen-bond acceptors (Lipinski definition) is 9. The van der Waals surface area contributed by atoms with Gasteiger partial charge in [-0.15, -0.1) is 23.1 Å². The Morgan fingerprint density at radius 3 is 2.41 bits per heavy atom. The van der Waals surface area contributed by atoms with Crippen LogP contribution in [0.15, 0.2) is 83.4 Å². The molecule has 0 saturated carbocycles. The fourth-order valence-electron chi connectivity index (χ4n) is 5.65. The average Bonchev–Trinajstić information content (AvgIpc) is 3.51. The number of halogens is 2. The summed E-state index contributed by atoms with van der Waals surface area (Å²) in [5.41, 5.74) is 0.657. The molecule has 0 aliphatic carbocycles. The quantitative estimate of drug-likeness (QED) is 0.0731. The molecule has 0 fully saturated rings. The summed E-state index contributed by atoms with van der Waals surface area (Å²) >= 11 is 8.73. The number of thioether (sulfide) groups is 1. The predicted molar refractivity (Wildman–Crippen MR) is 218 cm³/mol. The first kappa shape index (κ1) is 42.0. The van der Waals surface area contributed by atoms with Crippen molar-refractivity contribution in [1.82, 2.24) is 10.2 Å². The minimum absolute atomic E-state index is 0.0476. The van der Waals surface area contributed by atoms with Crippen molar-refractivity contribution in [3.63, 3.8) is 0 Å². The smallest absolute Gasteiger partial charge is 0.410 e. The number of fused-ring (bicyclic) bond motifs is 1. The van der Waals surface area contributed by atoms with Crippen LogP contribution in [0.4, 0.5) is 19.9 Å². The topological polar surface area (TPSA) is 143 Å². The van der Waals surface area contributed by atoms with E-state index in [0.29, 0.717) is 35.0 Å². The van der Waals surface area contributed by atoms with Gasteiger partial charge < -0.3 is 30.3 Å². The van der Waals surface area contributed by atoms with Crippen molar-refractivity contribution < 1.29 is 37.8 Å². The summed E-state index contributed by atoms with van der Waals surface area (Å²) in [5, 5.41) is 8.06. The second kappa shape index (κ2) is 18.6. The monoisotopic (exact) mass is 820 g/mol. The van der Waals surface area contributed by atoms with Crippen LogP contribution in [0.2, 0.25) is 5.02 Å². The van der Waals surface area contributed by atoms with Gasteiger partial charge in [-0.25, -0.2) is 14.0 Å². The predicted octanol–water partition coefficient (Wildman–Crippen LogP) is 8.93. The normalized spacial score (nSPS) is 13.3. The zero-order chi connectivity index (χ0) is 40.6. The summed E-state index contributed by atoms with van der Waals surface area (Å²) in [6.45, 7) is 9.65. The van der Waals surface area contributed by atoms with E-state index >= 15 is 0 Å². The van der Waals surface area contributed by atoms with Gasteiger partial charge in [-0.05, 0) is 94.6 Å². The molecule has 0 saturated heterocycles. The molecule has 1 aliphatic heterocycles. The molecule has 3 aromatic carbocycles. The number of carbonyl (C=O) groups is 5. The van der Waals surface area contributed by atoms with E-state index < -0.39 is 40.5 Å². The summed E-state index contributed by atoms with van der Waals surface area (Å²) < 4.78 is 25.7. The first-order valence-corrected chi connectivity index (χ1v) is 19.9. The molecular weight excluding hydrogens is 779 g/mol. The van der Waals surface area contributed by atoms with Crippen molar-refractivity contribution in [3.8, 4) is 0 Å². The maximum absolute atomic E-state index is 14.8. The number of rotatable bonds is 12. The Morgan fingerprint density at radius 2 is 1.73 bits per heavy atom. The lowest BCUT2D eigenvalue weighted by Gasteiger charge is -2.30. The first-order valence-electron chi connectivity index (χ1n) is 17.9. The van der Waals surface area contributed by atoms with E-state index in [4.69, 9.17) is 21.1 Å². The number of esters is 1. The van der Waals surface area contributed by atoms with Crippen molar-refractivity contribution in [2.45, 2.75) is 69.8 Å². The zero-order valence-electron chi connectivity index (χ0n) is 31.5. The minimum atomic E-state index is -0.737. The van der Waals surface area contributed by atoms with Crippen LogP contribution < -0.4 is 16.0 Å². The second-order valence-corrected chi connectivity index (χ2v) is 16.4. The van der Waals surface area contributed by atoms with Crippen LogP contribution >= 0.6 is 34.7 Å². The van der Waals surface area contributed by atoms with Crippen LogP contribution in [0.5, 0.6) is 0 Å². The van der Waals surface area contributed by atoms with Gasteiger partial charge in [0.15, 0.2) is 0 Å². The molecule has 1 aliphatic rings. The number of thiophene rings is 1. The maximum Gasteiger partial charge on any atom is 0.410 e. The fraction of sp³-hybridized carbons (Fsp3) is 0.293. The minimum Gasteiger partial charge on any atom is -0.462 e. The Balaban J connectivity index is 1.33. The Morgan fingerprint density at radius 1 is 1.00 bits per heavy atom. The van der Waals surface area contributed by atoms with E-state index in [1.54, 1.807) is 87.2 Å². The second-order valence-electron chi connectivity index (χ2n) is 13.6. The van der Waals surface area contributed by atoms with Crippen LogP contribution in [-0.4, -0.2) is 58.7 Å². The number of nitrogens with one attached hydrogen (secondary N) is 3. The van der Waals surface area contributed by atoms with Crippen LogP contribution in [0.3, 0.4) is 0 Å². The van der Waals surface area contributed by atoms with Crippen molar-refractivity contribution in [2.24, 2.45) is 0 Å². The molecule has 0 bridgehead atoms. The SMILES string of the molecule is CCOC(=O)c1c(NC(=O)C(CC)Sc2cccc(NC(=O)/C(=C\c3c(F)cccc3Cl)NC(=O)c3ccccc3)c2)sc2c1CCN(C(=O)OC(C)(C)C)C2. The Kier molecular flexibility index (Phi) is 14.0. The van der Waals surface area contributed by atoms with Gasteiger partial charge in [0.1, 0.15) is 22.1 Å². The van der Waals surface area contributed by atoms with Gasteiger partial charge in [0.05, 0.1) is 29.0 Å². The number of nitrogens with zero attached hydrogens (tertiary/aromatic N) is 1. The van der Waals surface area contributed by atoms with Crippen LogP contribution in [0.25, 0.3) is 6.08 Å². The molecule has 0 radical (unpaired) electrons. The summed E-state index contributed by atoms with van der Waals surface area (Å²) in [6.07, 6.45) is 1.52. The third kappa shape index (κ3) is 10.8. The third-order valence-electron chi connectivity index (χ3n) is 8.28. The Hall–Kier alpha value is -5.18. The number of amides is 4. The molecule has 4 amide bonds. The highest BCUT2D eigenvalue weighted by molar-refractivity contribution is 8.00. The van der Waals surface area contributed by atoms with Gasteiger partial charge in [0.25, 0.3) is 11.8 Å². The van der Waals surface area contributed by atoms with Crippen LogP contribution in [0, 0.1) is 5.82 Å². The lowest BCUT2D eigenvalue weighted by Crippen LogP contribution is -2.39. The highest BCUT2D eigenvalue weighted by atomic mass is 35.5. The number of anilines is 2. The lowest BCUT2D eigenvalue weighted by atomic mass is 10.0. The van der Waals surface area contributed by atoms with Gasteiger partial charge in [-0.2, -0.15) is 0 Å². The van der Waals surface area contributed by atoms with E-state index in [0.717, 1.165) is 10.4 Å². The molecule has 1 unspecified atom stereocenters. The molecule has 3 N–H and O–H groups in total. The summed E-state index contributed by atoms with van der Waals surface area (Å²) in [4.78, 5) is 69.5. The zero-order valence-corrected chi connectivity index (χ0v) is 33.9. The lowest BCUT2D eigenvalue weighted by molar-refractivity contribution is -0.116. The van der Waals surface area contributed by atoms with Crippen molar-refractivity contribution in [2.75, 3.05) is 23.8 Å². The van der Waals surface area contributed by atoms with Gasteiger partial charge in [0, 0.05) is 33.1 Å². The number of ether oxygens (including phenoxy) is 2. The third-order valence-corrected chi connectivity index (χ3v) is 11.1. The molecule has 0 spiro atoms. The highest BCUT2D eigenvalue weighted by Gasteiger charge is 2.33. The molecule has 4 aromatic rings. The molecular formula is C41H42ClFN4O7S2. The Bertz CT molecular complexity index is 2130. The van der Waals surface area contributed by atoms with Gasteiger partial charge >= 0.3 is 12.1 Å². The van der Waals surface area contributed by atoms with E-state index in [9.17, 15) is 28.4 Å². The van der Waals surface area contributed by atoms with Gasteiger partial charge in [0.2, 0.25) is 5.91 Å². The van der Waals surface area contributed by atoms with E-state index in [2.05, 4.69) is 16.0 Å². The highest BCUT2D eigenvalue weighted by Crippen LogP contribution is 2.39. The molecule has 294 valence electrons. The average molecular weight is 821 g/mol. The molecule has 1 atom stereocenters. The van der Waals surface area contributed by atoms with Crippen molar-refractivity contribution in [1.29, 1.82) is 0 Å². The number of benzene rings is 3. The maximum atomic E-state index is 14.8. The molecule has 56 heavy (non-hydrogen) atoms. The van der Waals surface area contributed by atoms with E-state index in [1.165, 1.54) is 47.4 Å². The largest absolute Gasteiger partial charge is 0.462 e. The standard InChI is InChI=1S/C41H42ClFN4O7S2/c1-6-32(37(50)46-38-34(39(51)53-7-2)27-19-20-47(23-33(27)56-38)40(52)54-41(3,4)5)55-26-16-11-15-25(21-26)44-36(49)31(22-28-29(42)17-12-18-30(28)43)45-35(48)24-13-9-8-10-14-24/h8-18,21-22,32H,6-7,19-20,23H2,1-5H3,(H,44,49)(H,45,48)(H,46,50)/b31-22+. The number of carbonyl (C=O) groups excluding carboxylic acids is 5. The summed E-state index contributed by atoms with van der Waals surface area (Å²) in [7, 11) is 0. The van der Waals surface area contributed by atoms with Crippen LogP contribution in [-0.2, 0) is 32.0 Å². The van der Waals surface area contributed by atoms with Crippen LogP contribution in [0.1, 0.15) is 77.8 Å². The summed E-state index contributed by atoms with van der Waals surface area (Å²) in [5.74, 6) is -2.91.